The molecule has 1 fully saturated rings. The van der Waals surface area contributed by atoms with Crippen molar-refractivity contribution >= 4 is 6.09 Å². The second-order valence-electron chi connectivity index (χ2n) is 10.4. The van der Waals surface area contributed by atoms with Gasteiger partial charge < -0.3 is 14.8 Å². The van der Waals surface area contributed by atoms with E-state index in [-0.39, 0.29) is 23.1 Å². The number of amides is 1. The highest BCUT2D eigenvalue weighted by atomic mass is 19.4. The second kappa shape index (κ2) is 10.1. The lowest BCUT2D eigenvalue weighted by Gasteiger charge is -2.22. The molecule has 1 saturated carbocycles. The molecule has 0 spiro atoms. The zero-order valence-electron chi connectivity index (χ0n) is 21.6. The number of aromatic nitrogens is 3. The molecule has 2 unspecified atom stereocenters. The van der Waals surface area contributed by atoms with Gasteiger partial charge in [-0.25, -0.2) is 14.5 Å². The summed E-state index contributed by atoms with van der Waals surface area (Å²) in [7, 11) is 0. The monoisotopic (exact) mass is 536 g/mol. The largest absolute Gasteiger partial charge is 0.573 e. The Labute approximate surface area is 223 Å². The molecule has 39 heavy (non-hydrogen) atoms. The maximum atomic E-state index is 12.5. The number of benzene rings is 3. The predicted octanol–water partition coefficient (Wildman–Crippen LogP) is 6.77. The van der Waals surface area contributed by atoms with E-state index in [1.807, 2.05) is 42.5 Å². The van der Waals surface area contributed by atoms with E-state index in [9.17, 15) is 18.0 Å². The molecule has 5 rings (SSSR count). The molecule has 202 valence electrons. The zero-order valence-corrected chi connectivity index (χ0v) is 21.6. The molecule has 2 atom stereocenters. The van der Waals surface area contributed by atoms with Gasteiger partial charge in [-0.2, -0.15) is 0 Å². The second-order valence-corrected chi connectivity index (χ2v) is 10.4. The van der Waals surface area contributed by atoms with Gasteiger partial charge in [0.2, 0.25) is 0 Å². The highest BCUT2D eigenvalue weighted by Gasteiger charge is 2.40. The molecule has 1 aliphatic rings. The number of hydrogen-bond donors (Lipinski definition) is 1. The number of rotatable bonds is 6. The molecule has 0 saturated heterocycles. The van der Waals surface area contributed by atoms with Crippen LogP contribution in [0.15, 0.2) is 79.1 Å². The summed E-state index contributed by atoms with van der Waals surface area (Å²) in [5.41, 5.74) is 3.23. The lowest BCUT2D eigenvalue weighted by molar-refractivity contribution is -0.274. The molecular formula is C29H27F3N4O3. The number of nitrogens with one attached hydrogen (secondary N) is 1. The molecule has 0 bridgehead atoms. The minimum absolute atomic E-state index is 0.00761. The molecular weight excluding hydrogens is 509 g/mol. The minimum atomic E-state index is -4.74. The number of carbonyl (C=O) groups is 1. The molecule has 0 radical (unpaired) electrons. The van der Waals surface area contributed by atoms with Crippen LogP contribution < -0.4 is 14.8 Å². The fourth-order valence-corrected chi connectivity index (χ4v) is 4.38. The molecule has 0 aliphatic heterocycles. The van der Waals surface area contributed by atoms with Crippen LogP contribution in [0.3, 0.4) is 0 Å². The Kier molecular flexibility index (Phi) is 6.80. The Morgan fingerprint density at radius 2 is 1.67 bits per heavy atom. The average molecular weight is 537 g/mol. The van der Waals surface area contributed by atoms with Crippen molar-refractivity contribution in [2.75, 3.05) is 0 Å². The number of hydrogen-bond acceptors (Lipinski definition) is 5. The Morgan fingerprint density at radius 3 is 2.33 bits per heavy atom. The first-order valence-electron chi connectivity index (χ1n) is 12.4. The van der Waals surface area contributed by atoms with Gasteiger partial charge in [-0.1, -0.05) is 63.2 Å². The van der Waals surface area contributed by atoms with Gasteiger partial charge in [0.05, 0.1) is 5.69 Å². The normalized spacial score (nSPS) is 17.0. The Morgan fingerprint density at radius 1 is 0.974 bits per heavy atom. The van der Waals surface area contributed by atoms with E-state index in [1.54, 1.807) is 6.07 Å². The highest BCUT2D eigenvalue weighted by Crippen LogP contribution is 2.41. The molecule has 1 aliphatic carbocycles. The first-order chi connectivity index (χ1) is 18.5. The van der Waals surface area contributed by atoms with E-state index in [0.29, 0.717) is 17.3 Å². The van der Waals surface area contributed by atoms with Gasteiger partial charge in [0.15, 0.2) is 5.82 Å². The third-order valence-corrected chi connectivity index (χ3v) is 6.42. The van der Waals surface area contributed by atoms with Gasteiger partial charge in [0.1, 0.15) is 17.8 Å². The van der Waals surface area contributed by atoms with Crippen molar-refractivity contribution in [2.45, 2.75) is 50.9 Å². The van der Waals surface area contributed by atoms with Crippen molar-refractivity contribution < 1.29 is 27.4 Å². The number of carbonyl (C=O) groups excluding carboxylic acids is 1. The maximum absolute atomic E-state index is 12.5. The van der Waals surface area contributed by atoms with Crippen LogP contribution in [0.2, 0.25) is 0 Å². The highest BCUT2D eigenvalue weighted by molar-refractivity contribution is 5.72. The summed E-state index contributed by atoms with van der Waals surface area (Å²) in [6, 6.07) is 20.7. The van der Waals surface area contributed by atoms with Gasteiger partial charge in [0.25, 0.3) is 0 Å². The van der Waals surface area contributed by atoms with Gasteiger partial charge in [-0.05, 0) is 47.7 Å². The van der Waals surface area contributed by atoms with Crippen LogP contribution in [0.4, 0.5) is 18.0 Å². The number of nitrogens with zero attached hydrogens (tertiary/aromatic N) is 3. The van der Waals surface area contributed by atoms with Crippen LogP contribution in [0.25, 0.3) is 17.1 Å². The van der Waals surface area contributed by atoms with Gasteiger partial charge in [0, 0.05) is 23.1 Å². The van der Waals surface area contributed by atoms with Gasteiger partial charge >= 0.3 is 12.5 Å². The van der Waals surface area contributed by atoms with E-state index < -0.39 is 12.5 Å². The maximum Gasteiger partial charge on any atom is 0.573 e. The summed E-state index contributed by atoms with van der Waals surface area (Å²) in [6.07, 6.45) is -2.90. The molecule has 1 N–H and O–H groups in total. The van der Waals surface area contributed by atoms with Crippen LogP contribution in [0, 0.1) is 0 Å². The van der Waals surface area contributed by atoms with Crippen molar-refractivity contribution in [3.63, 3.8) is 0 Å². The quantitative estimate of drug-likeness (QED) is 0.294. The smallest absolute Gasteiger partial charge is 0.410 e. The molecule has 1 amide bonds. The summed E-state index contributed by atoms with van der Waals surface area (Å²) in [6.45, 7) is 6.21. The number of alkyl halides is 3. The molecule has 10 heteroatoms. The fourth-order valence-electron chi connectivity index (χ4n) is 4.38. The van der Waals surface area contributed by atoms with Crippen LogP contribution in [-0.4, -0.2) is 33.3 Å². The van der Waals surface area contributed by atoms with Crippen LogP contribution in [-0.2, 0) is 5.41 Å². The SMILES string of the molecule is CC(C)(C)c1ccccc1OC(=O)NC1CC1c1ccc(-c2ncn(-c3ccc(OC(F)(F)F)cc3)n2)cc1. The van der Waals surface area contributed by atoms with Gasteiger partial charge in [-0.15, -0.1) is 18.3 Å². The van der Waals surface area contributed by atoms with Crippen molar-refractivity contribution in [1.82, 2.24) is 20.1 Å². The lowest BCUT2D eigenvalue weighted by atomic mass is 9.86. The summed E-state index contributed by atoms with van der Waals surface area (Å²) in [5.74, 6) is 0.913. The Bertz CT molecular complexity index is 1460. The Hall–Kier alpha value is -4.34. The van der Waals surface area contributed by atoms with E-state index in [0.717, 1.165) is 23.1 Å². The van der Waals surface area contributed by atoms with E-state index in [2.05, 4.69) is 40.9 Å². The first kappa shape index (κ1) is 26.3. The number of ether oxygens (including phenoxy) is 2. The van der Waals surface area contributed by atoms with Crippen LogP contribution in [0.5, 0.6) is 11.5 Å². The van der Waals surface area contributed by atoms with Crippen molar-refractivity contribution in [3.8, 4) is 28.6 Å². The third-order valence-electron chi connectivity index (χ3n) is 6.42. The minimum Gasteiger partial charge on any atom is -0.410 e. The topological polar surface area (TPSA) is 78.3 Å². The fraction of sp³-hybridized carbons (Fsp3) is 0.276. The van der Waals surface area contributed by atoms with Crippen LogP contribution in [0.1, 0.15) is 44.2 Å². The summed E-state index contributed by atoms with van der Waals surface area (Å²) in [4.78, 5) is 16.9. The molecule has 1 aromatic heterocycles. The molecule has 7 nitrogen and oxygen atoms in total. The lowest BCUT2D eigenvalue weighted by Crippen LogP contribution is -2.30. The van der Waals surface area contributed by atoms with Crippen molar-refractivity contribution in [2.24, 2.45) is 0 Å². The van der Waals surface area contributed by atoms with Crippen LogP contribution >= 0.6 is 0 Å². The molecule has 4 aromatic rings. The predicted molar refractivity (Wildman–Crippen MR) is 139 cm³/mol. The van der Waals surface area contributed by atoms with E-state index in [4.69, 9.17) is 4.74 Å². The Balaban J connectivity index is 1.18. The van der Waals surface area contributed by atoms with E-state index >= 15 is 0 Å². The first-order valence-corrected chi connectivity index (χ1v) is 12.4. The zero-order chi connectivity index (χ0) is 27.8. The summed E-state index contributed by atoms with van der Waals surface area (Å²) in [5, 5.41) is 7.39. The standard InChI is InChI=1S/C29H27F3N4O3/c1-28(2,3)23-6-4-5-7-25(23)38-27(37)34-24-16-22(24)18-8-10-19(11-9-18)26-33-17-36(35-26)20-12-14-21(15-13-20)39-29(30,31)32/h4-15,17,22,24H,16H2,1-3H3,(H,34,37). The summed E-state index contributed by atoms with van der Waals surface area (Å²) >= 11 is 0. The molecule has 3 aromatic carbocycles. The number of halogens is 3. The average Bonchev–Trinajstić information content (AvgIpc) is 3.45. The summed E-state index contributed by atoms with van der Waals surface area (Å²) < 4.78 is 48.1. The van der Waals surface area contributed by atoms with E-state index in [1.165, 1.54) is 35.3 Å². The van der Waals surface area contributed by atoms with Crippen molar-refractivity contribution in [1.29, 1.82) is 0 Å². The molecule has 1 heterocycles. The third kappa shape index (κ3) is 6.39. The van der Waals surface area contributed by atoms with Crippen molar-refractivity contribution in [3.05, 3.63) is 90.3 Å². The number of para-hydroxylation sites is 1. The van der Waals surface area contributed by atoms with Gasteiger partial charge in [-0.3, -0.25) is 0 Å².